The summed E-state index contributed by atoms with van der Waals surface area (Å²) in [4.78, 5) is 15.0. The Morgan fingerprint density at radius 3 is 2.80 bits per heavy atom. The Morgan fingerprint density at radius 2 is 2.10 bits per heavy atom. The quantitative estimate of drug-likeness (QED) is 0.788. The van der Waals surface area contributed by atoms with E-state index in [1.807, 2.05) is 13.0 Å². The second kappa shape index (κ2) is 8.06. The van der Waals surface area contributed by atoms with Gasteiger partial charge in [0.05, 0.1) is 29.8 Å². The molecule has 1 unspecified atom stereocenters. The molecule has 4 rings (SSSR count). The topological polar surface area (TPSA) is 84.3 Å². The highest BCUT2D eigenvalue weighted by Gasteiger charge is 2.31. The van der Waals surface area contributed by atoms with Crippen LogP contribution in [0.2, 0.25) is 0 Å². The average Bonchev–Trinajstić information content (AvgIpc) is 3.22. The van der Waals surface area contributed by atoms with Gasteiger partial charge in [-0.2, -0.15) is 5.10 Å². The normalized spacial score (nSPS) is 20.4. The molecule has 0 spiro atoms. The van der Waals surface area contributed by atoms with Crippen LogP contribution >= 0.6 is 0 Å². The van der Waals surface area contributed by atoms with Crippen LogP contribution in [0.5, 0.6) is 0 Å². The molecule has 30 heavy (non-hydrogen) atoms. The summed E-state index contributed by atoms with van der Waals surface area (Å²) in [7, 11) is -3.03. The van der Waals surface area contributed by atoms with Crippen LogP contribution in [0.25, 0.3) is 0 Å². The molecule has 1 atom stereocenters. The number of anilines is 2. The maximum absolute atomic E-state index is 12.9. The summed E-state index contributed by atoms with van der Waals surface area (Å²) in [6, 6.07) is 8.14. The second-order valence-electron chi connectivity index (χ2n) is 8.79. The zero-order valence-electron chi connectivity index (χ0n) is 17.9. The number of amides is 1. The number of nitrogens with one attached hydrogen (secondary N) is 1. The molecule has 7 nitrogen and oxygen atoms in total. The molecule has 0 bridgehead atoms. The number of hydrogen-bond donors (Lipinski definition) is 1. The number of nitrogens with zero attached hydrogens (tertiary/aromatic N) is 3. The third kappa shape index (κ3) is 4.38. The van der Waals surface area contributed by atoms with Crippen molar-refractivity contribution in [1.82, 2.24) is 9.78 Å². The minimum atomic E-state index is -3.03. The van der Waals surface area contributed by atoms with Crippen LogP contribution in [-0.2, 0) is 21.1 Å². The van der Waals surface area contributed by atoms with Gasteiger partial charge in [0.2, 0.25) is 5.91 Å². The fraction of sp³-hybridized carbons (Fsp3) is 0.545. The van der Waals surface area contributed by atoms with E-state index in [0.717, 1.165) is 30.8 Å². The summed E-state index contributed by atoms with van der Waals surface area (Å²) >= 11 is 0. The van der Waals surface area contributed by atoms with Crippen LogP contribution in [-0.4, -0.2) is 48.7 Å². The lowest BCUT2D eigenvalue weighted by atomic mass is 9.95. The summed E-state index contributed by atoms with van der Waals surface area (Å²) in [5.41, 5.74) is 4.52. The molecule has 2 aromatic rings. The lowest BCUT2D eigenvalue weighted by molar-refractivity contribution is -0.115. The Hall–Kier alpha value is -2.35. The van der Waals surface area contributed by atoms with Crippen molar-refractivity contribution < 1.29 is 13.2 Å². The van der Waals surface area contributed by atoms with Crippen molar-refractivity contribution >= 4 is 27.2 Å². The number of carbonyl (C=O) groups is 1. The van der Waals surface area contributed by atoms with Crippen molar-refractivity contribution in [2.45, 2.75) is 52.0 Å². The molecule has 2 aliphatic rings. The number of benzene rings is 1. The molecule has 1 fully saturated rings. The molecular weight excluding hydrogens is 400 g/mol. The SMILES string of the molecule is Cc1cc(NC(=O)CN2CCCc3cc(C(C)C)ccc32)n(C2CCS(=O)(=O)C2)n1. The highest BCUT2D eigenvalue weighted by molar-refractivity contribution is 7.91. The van der Waals surface area contributed by atoms with Gasteiger partial charge < -0.3 is 10.2 Å². The molecule has 3 heterocycles. The van der Waals surface area contributed by atoms with E-state index in [-0.39, 0.29) is 30.0 Å². The van der Waals surface area contributed by atoms with Crippen molar-refractivity contribution in [3.63, 3.8) is 0 Å². The predicted molar refractivity (Wildman–Crippen MR) is 119 cm³/mol. The minimum absolute atomic E-state index is 0.0781. The van der Waals surface area contributed by atoms with E-state index < -0.39 is 9.84 Å². The predicted octanol–water partition coefficient (Wildman–Crippen LogP) is 3.07. The standard InChI is InChI=1S/C22H30N4O3S/c1-15(2)17-6-7-20-18(12-17)5-4-9-25(20)13-22(27)23-21-11-16(3)24-26(21)19-8-10-30(28,29)14-19/h6-7,11-12,15,19H,4-5,8-10,13-14H2,1-3H3,(H,23,27). The first-order chi connectivity index (χ1) is 14.2. The van der Waals surface area contributed by atoms with Gasteiger partial charge in [-0.25, -0.2) is 13.1 Å². The lowest BCUT2D eigenvalue weighted by Gasteiger charge is -2.31. The van der Waals surface area contributed by atoms with Gasteiger partial charge in [-0.3, -0.25) is 4.79 Å². The lowest BCUT2D eigenvalue weighted by Crippen LogP contribution is -2.37. The van der Waals surface area contributed by atoms with Gasteiger partial charge in [0.1, 0.15) is 5.82 Å². The summed E-state index contributed by atoms with van der Waals surface area (Å²) in [5.74, 6) is 1.20. The molecule has 1 saturated heterocycles. The Bertz CT molecular complexity index is 1060. The van der Waals surface area contributed by atoms with Crippen LogP contribution < -0.4 is 10.2 Å². The van der Waals surface area contributed by atoms with Crippen molar-refractivity contribution in [1.29, 1.82) is 0 Å². The van der Waals surface area contributed by atoms with E-state index in [1.54, 1.807) is 4.68 Å². The first-order valence-electron chi connectivity index (χ1n) is 10.7. The van der Waals surface area contributed by atoms with Crippen LogP contribution in [0.4, 0.5) is 11.5 Å². The van der Waals surface area contributed by atoms with Gasteiger partial charge in [-0.1, -0.05) is 26.0 Å². The first-order valence-corrected chi connectivity index (χ1v) is 12.5. The fourth-order valence-electron chi connectivity index (χ4n) is 4.43. The average molecular weight is 431 g/mol. The number of sulfone groups is 1. The highest BCUT2D eigenvalue weighted by Crippen LogP contribution is 2.31. The summed E-state index contributed by atoms with van der Waals surface area (Å²) in [6.45, 7) is 7.34. The van der Waals surface area contributed by atoms with E-state index in [1.165, 1.54) is 11.1 Å². The van der Waals surface area contributed by atoms with Gasteiger partial charge in [0, 0.05) is 18.3 Å². The van der Waals surface area contributed by atoms with Gasteiger partial charge in [-0.15, -0.1) is 0 Å². The van der Waals surface area contributed by atoms with Gasteiger partial charge in [-0.05, 0) is 49.3 Å². The number of rotatable bonds is 5. The van der Waals surface area contributed by atoms with Crippen LogP contribution in [0.1, 0.15) is 55.5 Å². The third-order valence-corrected chi connectivity index (χ3v) is 7.75. The molecule has 0 radical (unpaired) electrons. The number of fused-ring (bicyclic) bond motifs is 1. The molecule has 1 amide bonds. The van der Waals surface area contributed by atoms with Crippen molar-refractivity contribution in [3.05, 3.63) is 41.1 Å². The van der Waals surface area contributed by atoms with E-state index in [0.29, 0.717) is 18.2 Å². The molecule has 162 valence electrons. The Morgan fingerprint density at radius 1 is 1.30 bits per heavy atom. The van der Waals surface area contributed by atoms with E-state index >= 15 is 0 Å². The Kier molecular flexibility index (Phi) is 5.61. The number of hydrogen-bond acceptors (Lipinski definition) is 5. The summed E-state index contributed by atoms with van der Waals surface area (Å²) in [6.07, 6.45) is 2.60. The summed E-state index contributed by atoms with van der Waals surface area (Å²) < 4.78 is 25.4. The largest absolute Gasteiger partial charge is 0.362 e. The second-order valence-corrected chi connectivity index (χ2v) is 11.0. The van der Waals surface area contributed by atoms with Gasteiger partial charge in [0.25, 0.3) is 0 Å². The molecule has 1 N–H and O–H groups in total. The molecule has 0 aliphatic carbocycles. The van der Waals surface area contributed by atoms with Crippen LogP contribution in [0.15, 0.2) is 24.3 Å². The van der Waals surface area contributed by atoms with Crippen molar-refractivity contribution in [2.75, 3.05) is 34.8 Å². The fourth-order valence-corrected chi connectivity index (χ4v) is 6.12. The molecule has 2 aliphatic heterocycles. The van der Waals surface area contributed by atoms with E-state index in [4.69, 9.17) is 0 Å². The maximum atomic E-state index is 12.9. The van der Waals surface area contributed by atoms with Gasteiger partial charge in [0.15, 0.2) is 9.84 Å². The van der Waals surface area contributed by atoms with Crippen LogP contribution in [0.3, 0.4) is 0 Å². The first kappa shape index (κ1) is 20.9. The molecule has 8 heteroatoms. The van der Waals surface area contributed by atoms with E-state index in [9.17, 15) is 13.2 Å². The van der Waals surface area contributed by atoms with Crippen molar-refractivity contribution in [2.24, 2.45) is 0 Å². The Labute approximate surface area is 178 Å². The van der Waals surface area contributed by atoms with Gasteiger partial charge >= 0.3 is 0 Å². The van der Waals surface area contributed by atoms with E-state index in [2.05, 4.69) is 47.4 Å². The number of carbonyl (C=O) groups excluding carboxylic acids is 1. The minimum Gasteiger partial charge on any atom is -0.362 e. The molecule has 1 aromatic carbocycles. The monoisotopic (exact) mass is 430 g/mol. The third-order valence-electron chi connectivity index (χ3n) is 6.00. The van der Waals surface area contributed by atoms with Crippen LogP contribution in [0, 0.1) is 6.92 Å². The molecule has 0 saturated carbocycles. The maximum Gasteiger partial charge on any atom is 0.245 e. The van der Waals surface area contributed by atoms with Crippen molar-refractivity contribution in [3.8, 4) is 0 Å². The number of aromatic nitrogens is 2. The Balaban J connectivity index is 1.48. The highest BCUT2D eigenvalue weighted by atomic mass is 32.2. The zero-order chi connectivity index (χ0) is 21.5. The summed E-state index contributed by atoms with van der Waals surface area (Å²) in [5, 5.41) is 7.41. The smallest absolute Gasteiger partial charge is 0.245 e. The number of aryl methyl sites for hydroxylation is 2. The zero-order valence-corrected chi connectivity index (χ0v) is 18.7. The molecular formula is C22H30N4O3S. The molecule has 1 aromatic heterocycles.